The Labute approximate surface area is 167 Å². The number of aromatic nitrogens is 1. The lowest BCUT2D eigenvalue weighted by molar-refractivity contribution is -0.310. The van der Waals surface area contributed by atoms with Gasteiger partial charge in [0, 0.05) is 29.1 Å². The van der Waals surface area contributed by atoms with Gasteiger partial charge >= 0.3 is 0 Å². The molecule has 4 aromatic rings. The monoisotopic (exact) mass is 407 g/mol. The van der Waals surface area contributed by atoms with Crippen LogP contribution in [0.25, 0.3) is 21.8 Å². The molecule has 146 valence electrons. The summed E-state index contributed by atoms with van der Waals surface area (Å²) in [7, 11) is -3.34. The van der Waals surface area contributed by atoms with Crippen molar-refractivity contribution in [3.8, 4) is 0 Å². The number of carbonyl (C=O) groups is 1. The van der Waals surface area contributed by atoms with Crippen LogP contribution in [0.15, 0.2) is 66.7 Å². The third-order valence-corrected chi connectivity index (χ3v) is 5.10. The highest BCUT2D eigenvalue weighted by molar-refractivity contribution is 7.92. The number of para-hydroxylation sites is 1. The zero-order chi connectivity index (χ0) is 20.6. The second-order valence-electron chi connectivity index (χ2n) is 6.75. The van der Waals surface area contributed by atoms with E-state index in [0.717, 1.165) is 39.4 Å². The second kappa shape index (κ2) is 7.06. The molecule has 7 nitrogen and oxygen atoms in total. The molecule has 0 saturated carbocycles. The van der Waals surface area contributed by atoms with Crippen LogP contribution in [0.3, 0.4) is 0 Å². The average molecular weight is 407 g/mol. The number of nitrogens with one attached hydrogen (secondary N) is 3. The molecule has 0 aliphatic rings. The predicted molar refractivity (Wildman–Crippen MR) is 115 cm³/mol. The van der Waals surface area contributed by atoms with Crippen LogP contribution in [0, 0.1) is 0 Å². The highest BCUT2D eigenvalue weighted by atomic mass is 32.2. The van der Waals surface area contributed by atoms with Crippen molar-refractivity contribution in [2.75, 3.05) is 16.3 Å². The van der Waals surface area contributed by atoms with E-state index in [4.69, 9.17) is 5.73 Å². The van der Waals surface area contributed by atoms with E-state index in [1.165, 1.54) is 0 Å². The minimum absolute atomic E-state index is 0.414. The standard InChI is InChI=1S/C21H18N4O3S/c1-29(27,28)25-15-9-7-14(8-10-15)23-20-16-4-2-3-5-18(16)24-19-11-6-13(21(22)26)12-17(19)20/h2-12,25H,1H3,(H2,22,26)(H,23,24)/p+1. The van der Waals surface area contributed by atoms with E-state index < -0.39 is 15.9 Å². The number of fused-ring (bicyclic) bond motifs is 2. The molecule has 5 N–H and O–H groups in total. The number of hydrogen-bond acceptors (Lipinski definition) is 4. The van der Waals surface area contributed by atoms with Crippen molar-refractivity contribution in [3.05, 3.63) is 72.3 Å². The first-order valence-electron chi connectivity index (χ1n) is 8.83. The number of amides is 1. The topological polar surface area (TPSA) is 115 Å². The lowest BCUT2D eigenvalue weighted by atomic mass is 10.0. The summed E-state index contributed by atoms with van der Waals surface area (Å²) in [4.78, 5) is 15.0. The lowest BCUT2D eigenvalue weighted by Gasteiger charge is -2.12. The van der Waals surface area contributed by atoms with Gasteiger partial charge in [-0.3, -0.25) is 9.52 Å². The zero-order valence-electron chi connectivity index (χ0n) is 15.6. The number of primary amides is 1. The second-order valence-corrected chi connectivity index (χ2v) is 8.50. The number of rotatable bonds is 5. The van der Waals surface area contributed by atoms with E-state index in [9.17, 15) is 13.2 Å². The Morgan fingerprint density at radius 3 is 2.24 bits per heavy atom. The first-order chi connectivity index (χ1) is 13.8. The molecular formula is C21H19N4O3S+. The number of pyridine rings is 1. The summed E-state index contributed by atoms with van der Waals surface area (Å²) in [5, 5.41) is 5.16. The van der Waals surface area contributed by atoms with Crippen LogP contribution >= 0.6 is 0 Å². The molecule has 0 fully saturated rings. The first-order valence-corrected chi connectivity index (χ1v) is 10.7. The van der Waals surface area contributed by atoms with Crippen LogP contribution < -0.4 is 20.8 Å². The summed E-state index contributed by atoms with van der Waals surface area (Å²) in [5.41, 5.74) is 9.73. The summed E-state index contributed by atoms with van der Waals surface area (Å²) in [6, 6.07) is 20.0. The Balaban J connectivity index is 1.84. The van der Waals surface area contributed by atoms with Crippen molar-refractivity contribution in [1.82, 2.24) is 0 Å². The van der Waals surface area contributed by atoms with E-state index in [1.807, 2.05) is 30.3 Å². The van der Waals surface area contributed by atoms with Crippen LogP contribution in [0.4, 0.5) is 17.1 Å². The molecule has 3 aromatic carbocycles. The first kappa shape index (κ1) is 18.7. The molecule has 4 rings (SSSR count). The van der Waals surface area contributed by atoms with Crippen LogP contribution in [-0.4, -0.2) is 20.6 Å². The normalized spacial score (nSPS) is 11.5. The molecule has 1 heterocycles. The lowest BCUT2D eigenvalue weighted by Crippen LogP contribution is -2.13. The van der Waals surface area contributed by atoms with E-state index in [0.29, 0.717) is 11.3 Å². The number of benzene rings is 3. The maximum Gasteiger partial charge on any atom is 0.248 e. The van der Waals surface area contributed by atoms with Crippen molar-refractivity contribution >= 4 is 54.8 Å². The summed E-state index contributed by atoms with van der Waals surface area (Å²) in [6.45, 7) is 0. The summed E-state index contributed by atoms with van der Waals surface area (Å²) in [6.07, 6.45) is 1.11. The third kappa shape index (κ3) is 3.97. The molecule has 8 heteroatoms. The van der Waals surface area contributed by atoms with Gasteiger partial charge in [-0.15, -0.1) is 0 Å². The molecule has 0 radical (unpaired) electrons. The molecule has 0 unspecified atom stereocenters. The zero-order valence-corrected chi connectivity index (χ0v) is 16.4. The van der Waals surface area contributed by atoms with E-state index >= 15 is 0 Å². The highest BCUT2D eigenvalue weighted by Gasteiger charge is 2.16. The quantitative estimate of drug-likeness (QED) is 0.441. The van der Waals surface area contributed by atoms with E-state index in [2.05, 4.69) is 15.0 Å². The van der Waals surface area contributed by atoms with Gasteiger partial charge in [0.1, 0.15) is 0 Å². The fourth-order valence-electron chi connectivity index (χ4n) is 3.23. The summed E-state index contributed by atoms with van der Waals surface area (Å²) >= 11 is 0. The van der Waals surface area contributed by atoms with Crippen molar-refractivity contribution in [2.24, 2.45) is 5.73 Å². The van der Waals surface area contributed by atoms with Gasteiger partial charge in [-0.05, 0) is 42.5 Å². The van der Waals surface area contributed by atoms with Gasteiger partial charge < -0.3 is 11.1 Å². The minimum atomic E-state index is -3.34. The number of H-pyrrole nitrogens is 1. The van der Waals surface area contributed by atoms with Crippen molar-refractivity contribution in [2.45, 2.75) is 0 Å². The number of carbonyl (C=O) groups excluding carboxylic acids is 1. The number of aromatic amines is 1. The number of hydrogen-bond donors (Lipinski definition) is 3. The Bertz CT molecular complexity index is 1350. The van der Waals surface area contributed by atoms with Gasteiger partial charge in [0.15, 0.2) is 0 Å². The van der Waals surface area contributed by atoms with Crippen LogP contribution in [-0.2, 0) is 10.0 Å². The van der Waals surface area contributed by atoms with Crippen LogP contribution in [0.5, 0.6) is 0 Å². The summed E-state index contributed by atoms with van der Waals surface area (Å²) in [5.74, 6) is -0.498. The van der Waals surface area contributed by atoms with Crippen molar-refractivity contribution in [1.29, 1.82) is 0 Å². The Morgan fingerprint density at radius 1 is 0.897 bits per heavy atom. The summed E-state index contributed by atoms with van der Waals surface area (Å²) < 4.78 is 25.2. The number of nitrogens with two attached hydrogens (primary N) is 1. The Kier molecular flexibility index (Phi) is 4.56. The molecule has 0 bridgehead atoms. The van der Waals surface area contributed by atoms with Gasteiger partial charge in [-0.2, -0.15) is 0 Å². The molecule has 0 aliphatic carbocycles. The smallest absolute Gasteiger partial charge is 0.248 e. The predicted octanol–water partition coefficient (Wildman–Crippen LogP) is 3.02. The van der Waals surface area contributed by atoms with Gasteiger partial charge in [0.2, 0.25) is 27.0 Å². The maximum absolute atomic E-state index is 11.7. The number of sulfonamides is 1. The number of anilines is 3. The highest BCUT2D eigenvalue weighted by Crippen LogP contribution is 2.32. The minimum Gasteiger partial charge on any atom is -0.366 e. The molecule has 1 aromatic heterocycles. The van der Waals surface area contributed by atoms with Crippen molar-refractivity contribution < 1.29 is 18.2 Å². The van der Waals surface area contributed by atoms with Gasteiger partial charge in [-0.1, -0.05) is 12.1 Å². The van der Waals surface area contributed by atoms with Crippen molar-refractivity contribution in [3.63, 3.8) is 0 Å². The fraction of sp³-hybridized carbons (Fsp3) is 0.0476. The van der Waals surface area contributed by atoms with Gasteiger partial charge in [-0.25, -0.2) is 13.4 Å². The van der Waals surface area contributed by atoms with Crippen LogP contribution in [0.2, 0.25) is 0 Å². The third-order valence-electron chi connectivity index (χ3n) is 4.50. The Hall–Kier alpha value is -3.65. The molecule has 0 saturated heterocycles. The van der Waals surface area contributed by atoms with Gasteiger partial charge in [0.25, 0.3) is 0 Å². The molecule has 29 heavy (non-hydrogen) atoms. The average Bonchev–Trinajstić information content (AvgIpc) is 2.67. The molecule has 0 spiro atoms. The van der Waals surface area contributed by atoms with E-state index in [1.54, 1.807) is 36.4 Å². The van der Waals surface area contributed by atoms with Crippen LogP contribution in [0.1, 0.15) is 10.4 Å². The Morgan fingerprint density at radius 2 is 1.55 bits per heavy atom. The molecule has 1 amide bonds. The maximum atomic E-state index is 11.7. The van der Waals surface area contributed by atoms with E-state index in [-0.39, 0.29) is 0 Å². The molecule has 0 aliphatic heterocycles. The largest absolute Gasteiger partial charge is 0.366 e. The SMILES string of the molecule is CS(=O)(=O)Nc1ccc(Nc2c3ccccc3[nH+]c3ccc(C(N)=O)cc23)cc1. The fourth-order valence-corrected chi connectivity index (χ4v) is 3.79. The molecule has 0 atom stereocenters. The molecular weight excluding hydrogens is 388 g/mol. The van der Waals surface area contributed by atoms with Gasteiger partial charge in [0.05, 0.1) is 22.7 Å².